The monoisotopic (exact) mass is 402 g/mol. The van der Waals surface area contributed by atoms with Crippen LogP contribution in [0.2, 0.25) is 0 Å². The number of hydrogen-bond donors (Lipinski definition) is 1. The van der Waals surface area contributed by atoms with Crippen LogP contribution in [0.15, 0.2) is 77.4 Å². The van der Waals surface area contributed by atoms with Crippen LogP contribution in [-0.4, -0.2) is 30.6 Å². The number of furan rings is 1. The summed E-state index contributed by atoms with van der Waals surface area (Å²) in [5.41, 5.74) is 1.98. The molecule has 4 rings (SSSR count). The number of para-hydroxylation sites is 1. The first-order valence-electron chi connectivity index (χ1n) is 9.19. The molecule has 4 aromatic rings. The minimum absolute atomic E-state index is 0.307. The van der Waals surface area contributed by atoms with Gasteiger partial charge in [-0.2, -0.15) is 0 Å². The van der Waals surface area contributed by atoms with Gasteiger partial charge in [0.1, 0.15) is 11.4 Å². The van der Waals surface area contributed by atoms with E-state index in [1.165, 1.54) is 6.26 Å². The average Bonchev–Trinajstić information content (AvgIpc) is 3.32. The second kappa shape index (κ2) is 8.48. The van der Waals surface area contributed by atoms with Gasteiger partial charge in [-0.15, -0.1) is 0 Å². The molecule has 0 saturated carbocycles. The number of rotatable bonds is 6. The summed E-state index contributed by atoms with van der Waals surface area (Å²) < 4.78 is 15.8. The number of carbonyl (C=O) groups is 2. The van der Waals surface area contributed by atoms with Crippen LogP contribution in [0, 0.1) is 0 Å². The van der Waals surface area contributed by atoms with Gasteiger partial charge in [-0.05, 0) is 36.4 Å². The Balaban J connectivity index is 1.52. The van der Waals surface area contributed by atoms with Gasteiger partial charge in [0.25, 0.3) is 5.91 Å². The maximum absolute atomic E-state index is 12.8. The van der Waals surface area contributed by atoms with E-state index in [0.717, 1.165) is 0 Å². The number of esters is 1. The van der Waals surface area contributed by atoms with E-state index in [-0.39, 0.29) is 0 Å². The lowest BCUT2D eigenvalue weighted by molar-refractivity contribution is -0.119. The van der Waals surface area contributed by atoms with E-state index in [9.17, 15) is 9.59 Å². The number of nitrogens with one attached hydrogen (secondary N) is 1. The third kappa shape index (κ3) is 4.15. The molecule has 30 heavy (non-hydrogen) atoms. The summed E-state index contributed by atoms with van der Waals surface area (Å²) >= 11 is 0. The molecule has 2 heterocycles. The topological polar surface area (TPSA) is 90.7 Å². The predicted molar refractivity (Wildman–Crippen MR) is 111 cm³/mol. The summed E-state index contributed by atoms with van der Waals surface area (Å²) in [5, 5.41) is 3.30. The molecule has 150 valence electrons. The van der Waals surface area contributed by atoms with Gasteiger partial charge in [0.15, 0.2) is 12.4 Å². The van der Waals surface area contributed by atoms with Crippen molar-refractivity contribution in [2.75, 3.05) is 19.0 Å². The molecule has 0 aliphatic rings. The lowest BCUT2D eigenvalue weighted by Crippen LogP contribution is -2.21. The SMILES string of the molecule is COc1cccc(NC(=O)COC(=O)c2cc(-c3ccco3)nc3ccccc23)c1. The van der Waals surface area contributed by atoms with Crippen LogP contribution in [0.3, 0.4) is 0 Å². The number of hydrogen-bond acceptors (Lipinski definition) is 6. The van der Waals surface area contributed by atoms with Gasteiger partial charge in [-0.3, -0.25) is 4.79 Å². The highest BCUT2D eigenvalue weighted by atomic mass is 16.5. The van der Waals surface area contributed by atoms with E-state index >= 15 is 0 Å². The molecule has 0 unspecified atom stereocenters. The van der Waals surface area contributed by atoms with Crippen molar-refractivity contribution in [2.24, 2.45) is 0 Å². The normalized spacial score (nSPS) is 10.6. The first-order chi connectivity index (χ1) is 14.6. The van der Waals surface area contributed by atoms with Crippen molar-refractivity contribution in [3.63, 3.8) is 0 Å². The number of benzene rings is 2. The van der Waals surface area contributed by atoms with Gasteiger partial charge in [-0.1, -0.05) is 24.3 Å². The van der Waals surface area contributed by atoms with Gasteiger partial charge in [0.2, 0.25) is 0 Å². The van der Waals surface area contributed by atoms with Crippen LogP contribution in [0.4, 0.5) is 5.69 Å². The van der Waals surface area contributed by atoms with E-state index < -0.39 is 18.5 Å². The Kier molecular flexibility index (Phi) is 5.43. The molecule has 1 N–H and O–H groups in total. The number of methoxy groups -OCH3 is 1. The lowest BCUT2D eigenvalue weighted by atomic mass is 10.1. The molecule has 0 bridgehead atoms. The third-order valence-corrected chi connectivity index (χ3v) is 4.40. The number of ether oxygens (including phenoxy) is 2. The molecular formula is C23H18N2O5. The molecule has 0 fully saturated rings. The fraction of sp³-hybridized carbons (Fsp3) is 0.0870. The molecule has 7 nitrogen and oxygen atoms in total. The highest BCUT2D eigenvalue weighted by Crippen LogP contribution is 2.25. The second-order valence-corrected chi connectivity index (χ2v) is 6.41. The molecule has 1 amide bonds. The number of nitrogens with zero attached hydrogens (tertiary/aromatic N) is 1. The summed E-state index contributed by atoms with van der Waals surface area (Å²) in [6.07, 6.45) is 1.53. The van der Waals surface area contributed by atoms with Crippen molar-refractivity contribution in [3.8, 4) is 17.2 Å². The largest absolute Gasteiger partial charge is 0.497 e. The third-order valence-electron chi connectivity index (χ3n) is 4.40. The van der Waals surface area contributed by atoms with Crippen molar-refractivity contribution in [1.29, 1.82) is 0 Å². The summed E-state index contributed by atoms with van der Waals surface area (Å²) in [6.45, 7) is -0.428. The first kappa shape index (κ1) is 19.2. The lowest BCUT2D eigenvalue weighted by Gasteiger charge is -2.10. The van der Waals surface area contributed by atoms with Crippen LogP contribution in [0.25, 0.3) is 22.4 Å². The highest BCUT2D eigenvalue weighted by Gasteiger charge is 2.17. The van der Waals surface area contributed by atoms with Crippen LogP contribution in [-0.2, 0) is 9.53 Å². The molecule has 0 radical (unpaired) electrons. The Morgan fingerprint density at radius 1 is 1.03 bits per heavy atom. The predicted octanol–water partition coefficient (Wildman–Crippen LogP) is 4.30. The molecule has 2 aromatic heterocycles. The van der Waals surface area contributed by atoms with Gasteiger partial charge in [-0.25, -0.2) is 9.78 Å². The Morgan fingerprint density at radius 3 is 2.70 bits per heavy atom. The number of amides is 1. The first-order valence-corrected chi connectivity index (χ1v) is 9.19. The summed E-state index contributed by atoms with van der Waals surface area (Å²) in [4.78, 5) is 29.5. The van der Waals surface area contributed by atoms with Crippen molar-refractivity contribution in [1.82, 2.24) is 4.98 Å². The van der Waals surface area contributed by atoms with Crippen molar-refractivity contribution < 1.29 is 23.5 Å². The highest BCUT2D eigenvalue weighted by molar-refractivity contribution is 6.05. The number of pyridine rings is 1. The minimum atomic E-state index is -0.623. The van der Waals surface area contributed by atoms with Gasteiger partial charge in [0.05, 0.1) is 24.5 Å². The summed E-state index contributed by atoms with van der Waals surface area (Å²) in [7, 11) is 1.54. The van der Waals surface area contributed by atoms with E-state index in [1.807, 2.05) is 12.1 Å². The Hall–Kier alpha value is -4.13. The van der Waals surface area contributed by atoms with Crippen molar-refractivity contribution in [2.45, 2.75) is 0 Å². The van der Waals surface area contributed by atoms with E-state index in [1.54, 1.807) is 61.7 Å². The quantitative estimate of drug-likeness (QED) is 0.484. The van der Waals surface area contributed by atoms with Gasteiger partial charge in [0, 0.05) is 17.1 Å². The smallest absolute Gasteiger partial charge is 0.339 e. The summed E-state index contributed by atoms with van der Waals surface area (Å²) in [6, 6.07) is 19.2. The molecule has 7 heteroatoms. The zero-order valence-corrected chi connectivity index (χ0v) is 16.1. The molecule has 0 aliphatic carbocycles. The fourth-order valence-corrected chi connectivity index (χ4v) is 3.00. The Bertz CT molecular complexity index is 1200. The molecule has 0 spiro atoms. The van der Waals surface area contributed by atoms with Gasteiger partial charge >= 0.3 is 5.97 Å². The maximum atomic E-state index is 12.8. The standard InChI is InChI=1S/C23H18N2O5/c1-28-16-7-4-6-15(12-16)24-22(26)14-30-23(27)18-13-20(21-10-5-11-29-21)25-19-9-3-2-8-17(18)19/h2-13H,14H2,1H3,(H,24,26). The van der Waals surface area contributed by atoms with Crippen LogP contribution in [0.5, 0.6) is 5.75 Å². The second-order valence-electron chi connectivity index (χ2n) is 6.41. The Morgan fingerprint density at radius 2 is 1.90 bits per heavy atom. The van der Waals surface area contributed by atoms with Crippen LogP contribution < -0.4 is 10.1 Å². The number of carbonyl (C=O) groups excluding carboxylic acids is 2. The molecular weight excluding hydrogens is 384 g/mol. The molecule has 0 atom stereocenters. The van der Waals surface area contributed by atoms with Crippen molar-refractivity contribution in [3.05, 3.63) is 78.6 Å². The minimum Gasteiger partial charge on any atom is -0.497 e. The van der Waals surface area contributed by atoms with Crippen LogP contribution >= 0.6 is 0 Å². The maximum Gasteiger partial charge on any atom is 0.339 e. The fourth-order valence-electron chi connectivity index (χ4n) is 3.00. The number of anilines is 1. The van der Waals surface area contributed by atoms with E-state index in [4.69, 9.17) is 13.9 Å². The Labute approximate surface area is 172 Å². The number of aromatic nitrogens is 1. The molecule has 2 aromatic carbocycles. The van der Waals surface area contributed by atoms with Gasteiger partial charge < -0.3 is 19.2 Å². The average molecular weight is 402 g/mol. The van der Waals surface area contributed by atoms with E-state index in [2.05, 4.69) is 10.3 Å². The molecule has 0 saturated heterocycles. The van der Waals surface area contributed by atoms with Crippen LogP contribution in [0.1, 0.15) is 10.4 Å². The zero-order chi connectivity index (χ0) is 20.9. The molecule has 0 aliphatic heterocycles. The van der Waals surface area contributed by atoms with Crippen molar-refractivity contribution >= 4 is 28.5 Å². The summed E-state index contributed by atoms with van der Waals surface area (Å²) in [5.74, 6) is 0.0625. The zero-order valence-electron chi connectivity index (χ0n) is 16.1. The number of fused-ring (bicyclic) bond motifs is 1. The van der Waals surface area contributed by atoms with E-state index in [0.29, 0.717) is 39.4 Å².